The average molecular weight is 370 g/mol. The van der Waals surface area contributed by atoms with Crippen LogP contribution in [-0.4, -0.2) is 53.2 Å². The zero-order chi connectivity index (χ0) is 19.1. The lowest BCUT2D eigenvalue weighted by Crippen LogP contribution is -2.52. The normalized spacial score (nSPS) is 28.6. The van der Waals surface area contributed by atoms with Crippen LogP contribution in [0.2, 0.25) is 0 Å². The van der Waals surface area contributed by atoms with E-state index in [2.05, 4.69) is 23.2 Å². The standard InChI is InChI=1S/C20H26N4O3/c1-12-8-23(10-15(12)7-21)9-13-2-3-14-11-24(20(27)16(14)6-13)17-4-5-18(25)22-19(17)26/h2-3,6,12,15,17H,4-5,7-11,21H2,1H3,(H,22,25,26). The Labute approximate surface area is 158 Å². The van der Waals surface area contributed by atoms with Crippen molar-refractivity contribution in [3.63, 3.8) is 0 Å². The van der Waals surface area contributed by atoms with E-state index in [1.807, 2.05) is 12.1 Å². The molecule has 0 bridgehead atoms. The Morgan fingerprint density at radius 3 is 2.74 bits per heavy atom. The third kappa shape index (κ3) is 3.37. The molecule has 0 saturated carbocycles. The van der Waals surface area contributed by atoms with Gasteiger partial charge in [-0.25, -0.2) is 0 Å². The third-order valence-electron chi connectivity index (χ3n) is 6.15. The minimum Gasteiger partial charge on any atom is -0.330 e. The van der Waals surface area contributed by atoms with Crippen molar-refractivity contribution in [1.82, 2.24) is 15.1 Å². The van der Waals surface area contributed by atoms with Gasteiger partial charge in [-0.3, -0.25) is 24.6 Å². The second-order valence-electron chi connectivity index (χ2n) is 8.06. The molecular weight excluding hydrogens is 344 g/mol. The van der Waals surface area contributed by atoms with E-state index in [4.69, 9.17) is 5.73 Å². The Morgan fingerprint density at radius 2 is 2.04 bits per heavy atom. The number of fused-ring (bicyclic) bond motifs is 1. The molecule has 0 aliphatic carbocycles. The van der Waals surface area contributed by atoms with Gasteiger partial charge < -0.3 is 10.6 Å². The molecule has 0 spiro atoms. The first kappa shape index (κ1) is 18.1. The molecule has 2 saturated heterocycles. The maximum Gasteiger partial charge on any atom is 0.255 e. The second-order valence-corrected chi connectivity index (χ2v) is 8.06. The predicted molar refractivity (Wildman–Crippen MR) is 99.5 cm³/mol. The van der Waals surface area contributed by atoms with Crippen molar-refractivity contribution in [2.45, 2.75) is 38.9 Å². The van der Waals surface area contributed by atoms with Crippen molar-refractivity contribution in [3.8, 4) is 0 Å². The summed E-state index contributed by atoms with van der Waals surface area (Å²) in [6, 6.07) is 5.47. The second kappa shape index (κ2) is 7.05. The van der Waals surface area contributed by atoms with Gasteiger partial charge >= 0.3 is 0 Å². The van der Waals surface area contributed by atoms with Crippen molar-refractivity contribution < 1.29 is 14.4 Å². The van der Waals surface area contributed by atoms with E-state index in [0.29, 0.717) is 36.9 Å². The molecule has 7 heteroatoms. The average Bonchev–Trinajstić information content (AvgIpc) is 3.15. The first-order valence-electron chi connectivity index (χ1n) is 9.65. The highest BCUT2D eigenvalue weighted by Gasteiger charge is 2.39. The number of nitrogens with one attached hydrogen (secondary N) is 1. The minimum atomic E-state index is -0.559. The maximum absolute atomic E-state index is 12.9. The van der Waals surface area contributed by atoms with Crippen LogP contribution in [0.3, 0.4) is 0 Å². The summed E-state index contributed by atoms with van der Waals surface area (Å²) in [4.78, 5) is 40.4. The van der Waals surface area contributed by atoms with Crippen LogP contribution in [0.1, 0.15) is 41.3 Å². The molecule has 27 heavy (non-hydrogen) atoms. The summed E-state index contributed by atoms with van der Waals surface area (Å²) in [5.41, 5.74) is 8.58. The SMILES string of the molecule is CC1CN(Cc2ccc3c(c2)C(=O)N(C2CCC(=O)NC2=O)C3)CC1CN. The Hall–Kier alpha value is -2.25. The molecule has 3 unspecified atom stereocenters. The lowest BCUT2D eigenvalue weighted by atomic mass is 9.99. The number of nitrogens with two attached hydrogens (primary N) is 1. The number of amides is 3. The number of hydrogen-bond donors (Lipinski definition) is 2. The number of imide groups is 1. The van der Waals surface area contributed by atoms with E-state index < -0.39 is 6.04 Å². The van der Waals surface area contributed by atoms with Gasteiger partial charge in [-0.2, -0.15) is 0 Å². The summed E-state index contributed by atoms with van der Waals surface area (Å²) in [7, 11) is 0. The smallest absolute Gasteiger partial charge is 0.255 e. The minimum absolute atomic E-state index is 0.115. The molecule has 0 aromatic heterocycles. The van der Waals surface area contributed by atoms with Crippen LogP contribution in [0.15, 0.2) is 18.2 Å². The van der Waals surface area contributed by atoms with Crippen LogP contribution in [-0.2, 0) is 22.7 Å². The summed E-state index contributed by atoms with van der Waals surface area (Å²) in [5.74, 6) is 0.374. The van der Waals surface area contributed by atoms with Gasteiger partial charge in [0.1, 0.15) is 6.04 Å². The maximum atomic E-state index is 12.9. The highest BCUT2D eigenvalue weighted by molar-refractivity contribution is 6.05. The molecule has 3 heterocycles. The van der Waals surface area contributed by atoms with E-state index in [1.54, 1.807) is 4.90 Å². The Bertz CT molecular complexity index is 793. The molecule has 0 radical (unpaired) electrons. The van der Waals surface area contributed by atoms with Gasteiger partial charge in [0.25, 0.3) is 5.91 Å². The number of nitrogens with zero attached hydrogens (tertiary/aromatic N) is 2. The highest BCUT2D eigenvalue weighted by atomic mass is 16.2. The lowest BCUT2D eigenvalue weighted by Gasteiger charge is -2.29. The summed E-state index contributed by atoms with van der Waals surface area (Å²) < 4.78 is 0. The quantitative estimate of drug-likeness (QED) is 0.752. The molecular formula is C20H26N4O3. The summed E-state index contributed by atoms with van der Waals surface area (Å²) in [5, 5.41) is 2.34. The van der Waals surface area contributed by atoms with Crippen molar-refractivity contribution >= 4 is 17.7 Å². The lowest BCUT2D eigenvalue weighted by molar-refractivity contribution is -0.136. The summed E-state index contributed by atoms with van der Waals surface area (Å²) in [6.07, 6.45) is 0.667. The number of rotatable bonds is 4. The van der Waals surface area contributed by atoms with Gasteiger partial charge in [0.15, 0.2) is 0 Å². The van der Waals surface area contributed by atoms with Crippen LogP contribution in [0.25, 0.3) is 0 Å². The van der Waals surface area contributed by atoms with Crippen molar-refractivity contribution in [3.05, 3.63) is 34.9 Å². The van der Waals surface area contributed by atoms with E-state index in [0.717, 1.165) is 30.8 Å². The van der Waals surface area contributed by atoms with E-state index >= 15 is 0 Å². The van der Waals surface area contributed by atoms with Gasteiger partial charge in [0, 0.05) is 38.2 Å². The fourth-order valence-electron chi connectivity index (χ4n) is 4.54. The molecule has 3 N–H and O–H groups in total. The predicted octanol–water partition coefficient (Wildman–Crippen LogP) is 0.474. The van der Waals surface area contributed by atoms with Crippen LogP contribution in [0, 0.1) is 11.8 Å². The number of piperidine rings is 1. The molecule has 3 aliphatic heterocycles. The largest absolute Gasteiger partial charge is 0.330 e. The van der Waals surface area contributed by atoms with Gasteiger partial charge in [-0.05, 0) is 42.0 Å². The number of likely N-dealkylation sites (tertiary alicyclic amines) is 1. The molecule has 144 valence electrons. The number of carbonyl (C=O) groups is 3. The molecule has 3 amide bonds. The van der Waals surface area contributed by atoms with Crippen molar-refractivity contribution in [2.75, 3.05) is 19.6 Å². The summed E-state index contributed by atoms with van der Waals surface area (Å²) >= 11 is 0. The van der Waals surface area contributed by atoms with E-state index in [9.17, 15) is 14.4 Å². The van der Waals surface area contributed by atoms with Crippen LogP contribution in [0.4, 0.5) is 0 Å². The monoisotopic (exact) mass is 370 g/mol. The van der Waals surface area contributed by atoms with Crippen molar-refractivity contribution in [2.24, 2.45) is 17.6 Å². The Morgan fingerprint density at radius 1 is 1.22 bits per heavy atom. The molecule has 1 aromatic carbocycles. The first-order valence-corrected chi connectivity index (χ1v) is 9.65. The van der Waals surface area contributed by atoms with E-state index in [1.165, 1.54) is 0 Å². The van der Waals surface area contributed by atoms with Gasteiger partial charge in [0.2, 0.25) is 11.8 Å². The fraction of sp³-hybridized carbons (Fsp3) is 0.550. The Balaban J connectivity index is 1.47. The van der Waals surface area contributed by atoms with Gasteiger partial charge in [0.05, 0.1) is 0 Å². The third-order valence-corrected chi connectivity index (χ3v) is 6.15. The van der Waals surface area contributed by atoms with E-state index in [-0.39, 0.29) is 24.1 Å². The van der Waals surface area contributed by atoms with Crippen LogP contribution >= 0.6 is 0 Å². The molecule has 3 aliphatic rings. The topological polar surface area (TPSA) is 95.7 Å². The zero-order valence-corrected chi connectivity index (χ0v) is 15.6. The zero-order valence-electron chi connectivity index (χ0n) is 15.6. The number of benzene rings is 1. The van der Waals surface area contributed by atoms with Crippen molar-refractivity contribution in [1.29, 1.82) is 0 Å². The molecule has 7 nitrogen and oxygen atoms in total. The fourth-order valence-corrected chi connectivity index (χ4v) is 4.54. The van der Waals surface area contributed by atoms with Crippen LogP contribution in [0.5, 0.6) is 0 Å². The van der Waals surface area contributed by atoms with Crippen LogP contribution < -0.4 is 11.1 Å². The van der Waals surface area contributed by atoms with Gasteiger partial charge in [-0.15, -0.1) is 0 Å². The first-order chi connectivity index (χ1) is 13.0. The highest BCUT2D eigenvalue weighted by Crippen LogP contribution is 2.29. The molecule has 1 aromatic rings. The molecule has 2 fully saturated rings. The summed E-state index contributed by atoms with van der Waals surface area (Å²) in [6.45, 7) is 6.19. The molecule has 3 atom stereocenters. The van der Waals surface area contributed by atoms with Gasteiger partial charge in [-0.1, -0.05) is 19.1 Å². The molecule has 4 rings (SSSR count). The Kier molecular flexibility index (Phi) is 4.74. The number of hydrogen-bond acceptors (Lipinski definition) is 5. The number of carbonyl (C=O) groups excluding carboxylic acids is 3.